The van der Waals surface area contributed by atoms with E-state index >= 15 is 0 Å². The summed E-state index contributed by atoms with van der Waals surface area (Å²) in [6.45, 7) is 2.88. The van der Waals surface area contributed by atoms with Crippen molar-refractivity contribution in [2.75, 3.05) is 32.1 Å². The molecule has 3 aliphatic rings. The van der Waals surface area contributed by atoms with Gasteiger partial charge in [-0.2, -0.15) is 0 Å². The molecule has 32 heavy (non-hydrogen) atoms. The van der Waals surface area contributed by atoms with E-state index in [4.69, 9.17) is 0 Å². The lowest BCUT2D eigenvalue weighted by molar-refractivity contribution is 0.0354. The first-order chi connectivity index (χ1) is 15.4. The molecule has 1 amide bonds. The molecule has 2 aliphatic heterocycles. The monoisotopic (exact) mass is 451 g/mol. The Kier molecular flexibility index (Phi) is 5.53. The number of piperidine rings is 1. The predicted octanol–water partition coefficient (Wildman–Crippen LogP) is 2.08. The van der Waals surface area contributed by atoms with E-state index in [-0.39, 0.29) is 23.4 Å². The summed E-state index contributed by atoms with van der Waals surface area (Å²) in [5.41, 5.74) is 1.85. The van der Waals surface area contributed by atoms with E-state index in [1.807, 2.05) is 9.80 Å². The highest BCUT2D eigenvalue weighted by molar-refractivity contribution is 7.79. The number of nitrogens with zero attached hydrogens (tertiary/aromatic N) is 2. The number of carbonyl (C=O) groups excluding carboxylic acids is 3. The number of benzene rings is 2. The van der Waals surface area contributed by atoms with Crippen molar-refractivity contribution < 1.29 is 23.1 Å². The molecule has 0 bridgehead atoms. The maximum atomic E-state index is 13.1. The van der Waals surface area contributed by atoms with Crippen molar-refractivity contribution in [2.45, 2.75) is 12.8 Å². The van der Waals surface area contributed by atoms with Crippen LogP contribution in [0.15, 0.2) is 42.5 Å². The average molecular weight is 452 g/mol. The van der Waals surface area contributed by atoms with Gasteiger partial charge in [-0.1, -0.05) is 24.3 Å². The van der Waals surface area contributed by atoms with Gasteiger partial charge in [-0.05, 0) is 54.0 Å². The van der Waals surface area contributed by atoms with E-state index < -0.39 is 11.1 Å². The number of ketones is 2. The zero-order valence-corrected chi connectivity index (χ0v) is 18.3. The van der Waals surface area contributed by atoms with Crippen molar-refractivity contribution in [2.24, 2.45) is 11.8 Å². The third kappa shape index (κ3) is 3.72. The molecule has 2 aromatic carbocycles. The molecule has 1 unspecified atom stereocenters. The van der Waals surface area contributed by atoms with E-state index in [2.05, 4.69) is 0 Å². The SMILES string of the molecule is O=C1c2ccccc2C(=O)c2cc(C(=O)N3CCC(C4CN(CS(=O)[O-])C4)CC3)ccc21. The molecule has 1 aliphatic carbocycles. The maximum Gasteiger partial charge on any atom is 0.253 e. The fourth-order valence-corrected chi connectivity index (χ4v) is 5.66. The molecule has 0 radical (unpaired) electrons. The second-order valence-corrected chi connectivity index (χ2v) is 9.69. The van der Waals surface area contributed by atoms with Crippen LogP contribution in [-0.4, -0.2) is 68.1 Å². The zero-order chi connectivity index (χ0) is 22.4. The Balaban J connectivity index is 1.25. The second-order valence-electron chi connectivity index (χ2n) is 8.82. The molecule has 0 spiro atoms. The van der Waals surface area contributed by atoms with E-state index in [0.717, 1.165) is 25.9 Å². The van der Waals surface area contributed by atoms with Crippen LogP contribution in [0.5, 0.6) is 0 Å². The van der Waals surface area contributed by atoms with Crippen molar-refractivity contribution in [1.29, 1.82) is 0 Å². The van der Waals surface area contributed by atoms with Crippen LogP contribution in [0.3, 0.4) is 0 Å². The number of fused-ring (bicyclic) bond motifs is 2. The second kappa shape index (κ2) is 8.35. The van der Waals surface area contributed by atoms with Crippen LogP contribution in [0.25, 0.3) is 0 Å². The zero-order valence-electron chi connectivity index (χ0n) is 17.5. The number of hydrogen-bond acceptors (Lipinski definition) is 6. The summed E-state index contributed by atoms with van der Waals surface area (Å²) >= 11 is -2.04. The standard InChI is InChI=1S/C24H24N2O5S/c27-22-18-3-1-2-4-19(18)23(28)21-11-16(5-6-20(21)22)24(29)26-9-7-15(8-10-26)17-12-25(13-17)14-32(30)31/h1-6,11,15,17H,7-10,12-14H2,(H,30,31)/p-1. The van der Waals surface area contributed by atoms with Crippen molar-refractivity contribution in [3.8, 4) is 0 Å². The average Bonchev–Trinajstić information content (AvgIpc) is 2.79. The lowest BCUT2D eigenvalue weighted by atomic mass is 9.79. The van der Waals surface area contributed by atoms with Crippen LogP contribution >= 0.6 is 0 Å². The fraction of sp³-hybridized carbons (Fsp3) is 0.375. The Morgan fingerprint density at radius 1 is 0.906 bits per heavy atom. The van der Waals surface area contributed by atoms with Gasteiger partial charge >= 0.3 is 0 Å². The van der Waals surface area contributed by atoms with E-state index in [1.165, 1.54) is 0 Å². The van der Waals surface area contributed by atoms with Crippen molar-refractivity contribution in [1.82, 2.24) is 9.80 Å². The molecule has 2 saturated heterocycles. The molecule has 0 aromatic heterocycles. The molecule has 166 valence electrons. The maximum absolute atomic E-state index is 13.1. The van der Waals surface area contributed by atoms with Crippen molar-refractivity contribution in [3.05, 3.63) is 70.3 Å². The highest BCUT2D eigenvalue weighted by Crippen LogP contribution is 2.33. The van der Waals surface area contributed by atoms with Gasteiger partial charge in [0.25, 0.3) is 5.91 Å². The first-order valence-corrected chi connectivity index (χ1v) is 12.1. The van der Waals surface area contributed by atoms with Gasteiger partial charge in [0.15, 0.2) is 11.6 Å². The minimum absolute atomic E-state index is 0.0951. The molecule has 2 fully saturated rings. The van der Waals surface area contributed by atoms with Crippen LogP contribution < -0.4 is 0 Å². The summed E-state index contributed by atoms with van der Waals surface area (Å²) in [5, 5.41) is 0. The highest BCUT2D eigenvalue weighted by Gasteiger charge is 2.36. The van der Waals surface area contributed by atoms with Gasteiger partial charge in [-0.15, -0.1) is 0 Å². The van der Waals surface area contributed by atoms with E-state index in [0.29, 0.717) is 52.7 Å². The Morgan fingerprint density at radius 2 is 1.50 bits per heavy atom. The fourth-order valence-electron chi connectivity index (χ4n) is 5.15. The normalized spacial score (nSPS) is 20.5. The minimum Gasteiger partial charge on any atom is -0.771 e. The molecule has 0 N–H and O–H groups in total. The quantitative estimate of drug-likeness (QED) is 0.564. The van der Waals surface area contributed by atoms with Crippen LogP contribution in [0, 0.1) is 11.8 Å². The van der Waals surface area contributed by atoms with Gasteiger partial charge in [-0.3, -0.25) is 23.5 Å². The van der Waals surface area contributed by atoms with Crippen LogP contribution in [0.2, 0.25) is 0 Å². The summed E-state index contributed by atoms with van der Waals surface area (Å²) in [4.78, 5) is 42.5. The molecule has 1 atom stereocenters. The first-order valence-electron chi connectivity index (χ1n) is 10.8. The summed E-state index contributed by atoms with van der Waals surface area (Å²) < 4.78 is 21.6. The molecule has 5 rings (SSSR count). The van der Waals surface area contributed by atoms with E-state index in [9.17, 15) is 23.1 Å². The Hall–Kier alpha value is -2.68. The Bertz CT molecular complexity index is 1130. The van der Waals surface area contributed by atoms with Gasteiger partial charge in [0.2, 0.25) is 0 Å². The third-order valence-corrected chi connectivity index (χ3v) is 7.51. The number of carbonyl (C=O) groups is 3. The molecule has 2 aromatic rings. The Labute approximate surface area is 188 Å². The number of likely N-dealkylation sites (tertiary alicyclic amines) is 2. The smallest absolute Gasteiger partial charge is 0.253 e. The molecule has 7 nitrogen and oxygen atoms in total. The van der Waals surface area contributed by atoms with Crippen LogP contribution in [0.4, 0.5) is 0 Å². The topological polar surface area (TPSA) is 97.8 Å². The largest absolute Gasteiger partial charge is 0.771 e. The first kappa shape index (κ1) is 21.2. The number of amides is 1. The lowest BCUT2D eigenvalue weighted by Gasteiger charge is -2.46. The van der Waals surface area contributed by atoms with Crippen molar-refractivity contribution in [3.63, 3.8) is 0 Å². The van der Waals surface area contributed by atoms with Gasteiger partial charge in [0.05, 0.1) is 5.88 Å². The summed E-state index contributed by atoms with van der Waals surface area (Å²) in [5.74, 6) is 0.542. The van der Waals surface area contributed by atoms with Gasteiger partial charge in [0.1, 0.15) is 0 Å². The Morgan fingerprint density at radius 3 is 2.12 bits per heavy atom. The minimum atomic E-state index is -2.04. The highest BCUT2D eigenvalue weighted by atomic mass is 32.2. The molecular weight excluding hydrogens is 428 g/mol. The lowest BCUT2D eigenvalue weighted by Crippen LogP contribution is -2.53. The molecular formula is C24H23N2O5S-. The van der Waals surface area contributed by atoms with E-state index in [1.54, 1.807) is 42.5 Å². The summed E-state index contributed by atoms with van der Waals surface area (Å²) in [6.07, 6.45) is 1.78. The third-order valence-electron chi connectivity index (χ3n) is 6.94. The van der Waals surface area contributed by atoms with Crippen molar-refractivity contribution >= 4 is 28.6 Å². The van der Waals surface area contributed by atoms with Gasteiger partial charge < -0.3 is 9.45 Å². The van der Waals surface area contributed by atoms with Gasteiger partial charge in [0, 0.05) is 54.0 Å². The summed E-state index contributed by atoms with van der Waals surface area (Å²) in [7, 11) is 0. The summed E-state index contributed by atoms with van der Waals surface area (Å²) in [6, 6.07) is 11.6. The number of rotatable bonds is 4. The van der Waals surface area contributed by atoms with Crippen LogP contribution in [0.1, 0.15) is 55.0 Å². The predicted molar refractivity (Wildman–Crippen MR) is 117 cm³/mol. The molecule has 2 heterocycles. The number of hydrogen-bond donors (Lipinski definition) is 0. The van der Waals surface area contributed by atoms with Crippen LogP contribution in [-0.2, 0) is 11.1 Å². The van der Waals surface area contributed by atoms with Gasteiger partial charge in [-0.25, -0.2) is 0 Å². The molecule has 8 heteroatoms. The molecule has 0 saturated carbocycles.